The highest BCUT2D eigenvalue weighted by molar-refractivity contribution is 7.16. The van der Waals surface area contributed by atoms with Crippen LogP contribution in [0.25, 0.3) is 16.5 Å². The molecule has 0 saturated heterocycles. The van der Waals surface area contributed by atoms with Crippen LogP contribution in [-0.4, -0.2) is 38.2 Å². The van der Waals surface area contributed by atoms with Crippen molar-refractivity contribution in [3.63, 3.8) is 0 Å². The molecule has 0 unspecified atom stereocenters. The Labute approximate surface area is 146 Å². The van der Waals surface area contributed by atoms with Crippen molar-refractivity contribution in [2.45, 2.75) is 13.3 Å². The van der Waals surface area contributed by atoms with Crippen LogP contribution < -0.4 is 9.47 Å². The predicted octanol–water partition coefficient (Wildman–Crippen LogP) is 2.51. The normalized spacial score (nSPS) is 13.5. The number of nitrogens with zero attached hydrogens (tertiary/aromatic N) is 5. The maximum atomic E-state index is 5.64. The third-order valence-electron chi connectivity index (χ3n) is 3.85. The summed E-state index contributed by atoms with van der Waals surface area (Å²) in [5.74, 6) is 2.87. The fraction of sp³-hybridized carbons (Fsp3) is 0.250. The Morgan fingerprint density at radius 3 is 2.84 bits per heavy atom. The van der Waals surface area contributed by atoms with Crippen LogP contribution in [-0.2, 0) is 6.42 Å². The highest BCUT2D eigenvalue weighted by Crippen LogP contribution is 2.32. The van der Waals surface area contributed by atoms with E-state index in [0.717, 1.165) is 32.8 Å². The minimum absolute atomic E-state index is 0.577. The molecular formula is C16H13N5O3S. The first-order valence-corrected chi connectivity index (χ1v) is 8.61. The summed E-state index contributed by atoms with van der Waals surface area (Å²) in [6.45, 7) is 3.00. The Morgan fingerprint density at radius 2 is 2.00 bits per heavy atom. The Kier molecular flexibility index (Phi) is 3.20. The summed E-state index contributed by atoms with van der Waals surface area (Å²) < 4.78 is 18.0. The average molecular weight is 355 g/mol. The molecule has 0 aliphatic carbocycles. The van der Waals surface area contributed by atoms with Gasteiger partial charge in [-0.05, 0) is 24.6 Å². The van der Waals surface area contributed by atoms with E-state index in [2.05, 4.69) is 20.5 Å². The van der Waals surface area contributed by atoms with Gasteiger partial charge in [0.15, 0.2) is 17.2 Å². The van der Waals surface area contributed by atoms with E-state index >= 15 is 0 Å². The summed E-state index contributed by atoms with van der Waals surface area (Å²) in [6.07, 6.45) is 0.682. The van der Waals surface area contributed by atoms with Crippen molar-refractivity contribution in [2.75, 3.05) is 13.2 Å². The van der Waals surface area contributed by atoms with Crippen LogP contribution in [0.3, 0.4) is 0 Å². The van der Waals surface area contributed by atoms with Gasteiger partial charge in [-0.2, -0.15) is 9.61 Å². The van der Waals surface area contributed by atoms with Crippen LogP contribution >= 0.6 is 11.3 Å². The van der Waals surface area contributed by atoms with Gasteiger partial charge < -0.3 is 14.0 Å². The Bertz CT molecular complexity index is 1070. The number of aromatic nitrogens is 5. The molecule has 25 heavy (non-hydrogen) atoms. The molecule has 0 atom stereocenters. The second kappa shape index (κ2) is 5.55. The zero-order chi connectivity index (χ0) is 16.8. The first kappa shape index (κ1) is 14.4. The highest BCUT2D eigenvalue weighted by atomic mass is 32.1. The highest BCUT2D eigenvalue weighted by Gasteiger charge is 2.17. The molecule has 4 heterocycles. The standard InChI is InChI=1S/C16H13N5O3S/c1-9-6-11(20-24-9)15-17-18-16-21(15)19-14(25-16)8-10-2-3-12-13(7-10)23-5-4-22-12/h2-3,6-7H,4-5,8H2,1H3. The van der Waals surface area contributed by atoms with Crippen LogP contribution in [0, 0.1) is 6.92 Å². The lowest BCUT2D eigenvalue weighted by molar-refractivity contribution is 0.171. The smallest absolute Gasteiger partial charge is 0.235 e. The summed E-state index contributed by atoms with van der Waals surface area (Å²) >= 11 is 1.50. The zero-order valence-corrected chi connectivity index (χ0v) is 14.1. The topological polar surface area (TPSA) is 87.6 Å². The molecular weight excluding hydrogens is 342 g/mol. The molecule has 0 fully saturated rings. The monoisotopic (exact) mass is 355 g/mol. The maximum absolute atomic E-state index is 5.64. The van der Waals surface area contributed by atoms with Gasteiger partial charge in [-0.1, -0.05) is 22.6 Å². The lowest BCUT2D eigenvalue weighted by atomic mass is 10.1. The van der Waals surface area contributed by atoms with E-state index in [1.165, 1.54) is 11.3 Å². The van der Waals surface area contributed by atoms with E-state index < -0.39 is 0 Å². The first-order chi connectivity index (χ1) is 12.3. The molecule has 4 aromatic rings. The van der Waals surface area contributed by atoms with Crippen molar-refractivity contribution < 1.29 is 14.0 Å². The van der Waals surface area contributed by atoms with Crippen LogP contribution in [0.5, 0.6) is 11.5 Å². The van der Waals surface area contributed by atoms with Gasteiger partial charge in [0.05, 0.1) is 0 Å². The lowest BCUT2D eigenvalue weighted by Crippen LogP contribution is -2.15. The third-order valence-corrected chi connectivity index (χ3v) is 4.75. The molecule has 5 rings (SSSR count). The molecule has 0 bridgehead atoms. The molecule has 8 nitrogen and oxygen atoms in total. The Hall–Kier alpha value is -2.94. The largest absolute Gasteiger partial charge is 0.486 e. The molecule has 0 radical (unpaired) electrons. The molecule has 0 saturated carbocycles. The van der Waals surface area contributed by atoms with Crippen LogP contribution in [0.15, 0.2) is 28.8 Å². The van der Waals surface area contributed by atoms with Crippen molar-refractivity contribution in [3.05, 3.63) is 40.6 Å². The molecule has 126 valence electrons. The van der Waals surface area contributed by atoms with Gasteiger partial charge in [0, 0.05) is 12.5 Å². The van der Waals surface area contributed by atoms with Crippen molar-refractivity contribution in [2.24, 2.45) is 0 Å². The number of hydrogen-bond donors (Lipinski definition) is 0. The molecule has 1 aromatic carbocycles. The van der Waals surface area contributed by atoms with Crippen molar-refractivity contribution in [1.29, 1.82) is 0 Å². The molecule has 3 aromatic heterocycles. The number of benzene rings is 1. The molecule has 1 aliphatic rings. The summed E-state index contributed by atoms with van der Waals surface area (Å²) in [5, 5.41) is 17.9. The van der Waals surface area contributed by atoms with Gasteiger partial charge >= 0.3 is 0 Å². The minimum Gasteiger partial charge on any atom is -0.486 e. The van der Waals surface area contributed by atoms with Crippen LogP contribution in [0.2, 0.25) is 0 Å². The van der Waals surface area contributed by atoms with E-state index in [1.807, 2.05) is 31.2 Å². The Balaban J connectivity index is 1.47. The quantitative estimate of drug-likeness (QED) is 0.558. The van der Waals surface area contributed by atoms with Gasteiger partial charge in [0.2, 0.25) is 10.8 Å². The molecule has 0 N–H and O–H groups in total. The predicted molar refractivity (Wildman–Crippen MR) is 89.1 cm³/mol. The van der Waals surface area contributed by atoms with Crippen molar-refractivity contribution in [1.82, 2.24) is 25.0 Å². The third kappa shape index (κ3) is 2.52. The second-order valence-corrected chi connectivity index (χ2v) is 6.73. The van der Waals surface area contributed by atoms with Gasteiger partial charge in [0.25, 0.3) is 0 Å². The first-order valence-electron chi connectivity index (χ1n) is 7.79. The number of ether oxygens (including phenoxy) is 2. The fourth-order valence-electron chi connectivity index (χ4n) is 2.73. The number of hydrogen-bond acceptors (Lipinski definition) is 8. The number of rotatable bonds is 3. The lowest BCUT2D eigenvalue weighted by Gasteiger charge is -2.18. The second-order valence-electron chi connectivity index (χ2n) is 5.69. The fourth-order valence-corrected chi connectivity index (χ4v) is 3.60. The average Bonchev–Trinajstić information content (AvgIpc) is 3.30. The van der Waals surface area contributed by atoms with Gasteiger partial charge in [-0.25, -0.2) is 0 Å². The molecule has 1 aliphatic heterocycles. The molecule has 9 heteroatoms. The number of fused-ring (bicyclic) bond motifs is 2. The van der Waals surface area contributed by atoms with E-state index in [0.29, 0.717) is 31.2 Å². The van der Waals surface area contributed by atoms with E-state index in [4.69, 9.17) is 14.0 Å². The van der Waals surface area contributed by atoms with E-state index in [9.17, 15) is 0 Å². The van der Waals surface area contributed by atoms with Gasteiger partial charge in [-0.15, -0.1) is 10.2 Å². The zero-order valence-electron chi connectivity index (χ0n) is 13.3. The molecule has 0 spiro atoms. The summed E-state index contributed by atoms with van der Waals surface area (Å²) in [6, 6.07) is 7.78. The summed E-state index contributed by atoms with van der Waals surface area (Å²) in [5.41, 5.74) is 1.73. The van der Waals surface area contributed by atoms with Crippen molar-refractivity contribution in [3.8, 4) is 23.0 Å². The van der Waals surface area contributed by atoms with Crippen molar-refractivity contribution >= 4 is 16.3 Å². The van der Waals surface area contributed by atoms with Crippen LogP contribution in [0.4, 0.5) is 0 Å². The van der Waals surface area contributed by atoms with Gasteiger partial charge in [0.1, 0.15) is 24.0 Å². The number of aryl methyl sites for hydroxylation is 1. The van der Waals surface area contributed by atoms with Gasteiger partial charge in [-0.3, -0.25) is 0 Å². The maximum Gasteiger partial charge on any atom is 0.235 e. The van der Waals surface area contributed by atoms with E-state index in [-0.39, 0.29) is 0 Å². The SMILES string of the molecule is Cc1cc(-c2nnc3sc(Cc4ccc5c(c4)OCCO5)nn23)no1. The summed E-state index contributed by atoms with van der Waals surface area (Å²) in [7, 11) is 0. The minimum atomic E-state index is 0.577. The van der Waals surface area contributed by atoms with E-state index in [1.54, 1.807) is 4.52 Å². The van der Waals surface area contributed by atoms with Crippen LogP contribution in [0.1, 0.15) is 16.3 Å². The Morgan fingerprint density at radius 1 is 1.12 bits per heavy atom. The molecule has 0 amide bonds. The summed E-state index contributed by atoms with van der Waals surface area (Å²) in [4.78, 5) is 0.725.